The number of imidazole rings is 1. The Bertz CT molecular complexity index is 1910. The molecule has 0 unspecified atom stereocenters. The Kier molecular flexibility index (Phi) is 8.45. The molecule has 45 heavy (non-hydrogen) atoms. The van der Waals surface area contributed by atoms with E-state index in [0.717, 1.165) is 52.9 Å². The molecule has 3 heterocycles. The number of hydrogen-bond donors (Lipinski definition) is 2. The number of pyridine rings is 1. The summed E-state index contributed by atoms with van der Waals surface area (Å²) in [5.74, 6) is -0.166. The number of carboxylic acids is 1. The summed E-state index contributed by atoms with van der Waals surface area (Å²) in [6.07, 6.45) is 7.14. The van der Waals surface area contributed by atoms with E-state index in [-0.39, 0.29) is 17.2 Å². The van der Waals surface area contributed by atoms with Gasteiger partial charge in [-0.3, -0.25) is 9.78 Å². The van der Waals surface area contributed by atoms with Crippen LogP contribution in [0.5, 0.6) is 5.75 Å². The lowest BCUT2D eigenvalue weighted by molar-refractivity contribution is -0.127. The number of benzene rings is 3. The Morgan fingerprint density at radius 3 is 2.36 bits per heavy atom. The molecule has 0 saturated carbocycles. The van der Waals surface area contributed by atoms with Gasteiger partial charge in [-0.1, -0.05) is 42.5 Å². The molecular formula is C35H32N6O4. The van der Waals surface area contributed by atoms with Gasteiger partial charge in [-0.25, -0.2) is 9.78 Å². The van der Waals surface area contributed by atoms with Crippen LogP contribution in [0.3, 0.4) is 0 Å². The highest BCUT2D eigenvalue weighted by atomic mass is 16.4. The average Bonchev–Trinajstić information content (AvgIpc) is 3.38. The SMILES string of the molecule is Cc1nc2cnccc2n1CC1CCN(C(=O)/C=C(/c2ccccc2)c2ccc(/N=N/c3ccc(O)c(C(=O)O)c3)cc2)CC1. The van der Waals surface area contributed by atoms with Crippen LogP contribution >= 0.6 is 0 Å². The number of piperidine rings is 1. The highest BCUT2D eigenvalue weighted by Crippen LogP contribution is 2.29. The number of aromatic carboxylic acids is 1. The molecule has 1 fully saturated rings. The average molecular weight is 601 g/mol. The minimum absolute atomic E-state index is 0.0204. The maximum Gasteiger partial charge on any atom is 0.339 e. The van der Waals surface area contributed by atoms with Gasteiger partial charge in [0.2, 0.25) is 5.91 Å². The summed E-state index contributed by atoms with van der Waals surface area (Å²) in [4.78, 5) is 35.6. The molecule has 0 aliphatic carbocycles. The molecule has 226 valence electrons. The molecule has 2 N–H and O–H groups in total. The van der Waals surface area contributed by atoms with Gasteiger partial charge in [-0.05, 0) is 78.8 Å². The topological polar surface area (TPSA) is 133 Å². The summed E-state index contributed by atoms with van der Waals surface area (Å²) in [6.45, 7) is 4.28. The van der Waals surface area contributed by atoms with E-state index in [9.17, 15) is 19.8 Å². The third-order valence-corrected chi connectivity index (χ3v) is 8.13. The Morgan fingerprint density at radius 1 is 0.933 bits per heavy atom. The monoisotopic (exact) mass is 600 g/mol. The second kappa shape index (κ2) is 12.9. The van der Waals surface area contributed by atoms with Crippen molar-refractivity contribution >= 4 is 39.9 Å². The van der Waals surface area contributed by atoms with Gasteiger partial charge >= 0.3 is 5.97 Å². The molecule has 5 aromatic rings. The second-order valence-electron chi connectivity index (χ2n) is 11.1. The van der Waals surface area contributed by atoms with E-state index in [4.69, 9.17) is 0 Å². The summed E-state index contributed by atoms with van der Waals surface area (Å²) in [5, 5.41) is 27.3. The molecule has 1 saturated heterocycles. The zero-order valence-electron chi connectivity index (χ0n) is 24.7. The molecule has 1 aliphatic heterocycles. The van der Waals surface area contributed by atoms with Crippen molar-refractivity contribution in [2.24, 2.45) is 16.1 Å². The first kappa shape index (κ1) is 29.4. The zero-order chi connectivity index (χ0) is 31.3. The quantitative estimate of drug-likeness (QED) is 0.147. The van der Waals surface area contributed by atoms with Crippen LogP contribution in [0.15, 0.2) is 108 Å². The molecule has 0 spiro atoms. The molecule has 0 radical (unpaired) electrons. The molecular weight excluding hydrogens is 568 g/mol. The van der Waals surface area contributed by atoms with Crippen molar-refractivity contribution in [3.05, 3.63) is 120 Å². The van der Waals surface area contributed by atoms with Crippen LogP contribution in [-0.2, 0) is 11.3 Å². The lowest BCUT2D eigenvalue weighted by Crippen LogP contribution is -2.38. The number of amides is 1. The van der Waals surface area contributed by atoms with E-state index < -0.39 is 5.97 Å². The molecule has 0 bridgehead atoms. The van der Waals surface area contributed by atoms with Crippen LogP contribution in [-0.4, -0.2) is 54.6 Å². The fraction of sp³-hybridized carbons (Fsp3) is 0.200. The molecule has 10 heteroatoms. The predicted octanol–water partition coefficient (Wildman–Crippen LogP) is 6.93. The minimum atomic E-state index is -1.25. The fourth-order valence-electron chi connectivity index (χ4n) is 5.67. The van der Waals surface area contributed by atoms with Gasteiger partial charge < -0.3 is 19.7 Å². The van der Waals surface area contributed by atoms with Gasteiger partial charge in [0.05, 0.1) is 23.1 Å². The van der Waals surface area contributed by atoms with Crippen molar-refractivity contribution in [2.45, 2.75) is 26.3 Å². The van der Waals surface area contributed by atoms with Crippen LogP contribution in [0, 0.1) is 12.8 Å². The second-order valence-corrected chi connectivity index (χ2v) is 11.1. The molecule has 2 aromatic heterocycles. The highest BCUT2D eigenvalue weighted by molar-refractivity contribution is 5.99. The van der Waals surface area contributed by atoms with Crippen molar-refractivity contribution < 1.29 is 19.8 Å². The smallest absolute Gasteiger partial charge is 0.339 e. The van der Waals surface area contributed by atoms with Gasteiger partial charge in [0.1, 0.15) is 22.7 Å². The van der Waals surface area contributed by atoms with Crippen LogP contribution in [0.1, 0.15) is 40.2 Å². The molecule has 0 atom stereocenters. The maximum absolute atomic E-state index is 13.6. The van der Waals surface area contributed by atoms with E-state index in [1.165, 1.54) is 18.2 Å². The van der Waals surface area contributed by atoms with Gasteiger partial charge in [-0.2, -0.15) is 10.2 Å². The van der Waals surface area contributed by atoms with Crippen LogP contribution in [0.2, 0.25) is 0 Å². The number of aromatic nitrogens is 3. The summed E-state index contributed by atoms with van der Waals surface area (Å²) in [5.41, 5.74) is 5.22. The Labute approximate surface area is 260 Å². The number of aryl methyl sites for hydroxylation is 1. The normalized spacial score (nSPS) is 14.3. The predicted molar refractivity (Wildman–Crippen MR) is 171 cm³/mol. The molecule has 1 amide bonds. The Hall–Kier alpha value is -5.64. The fourth-order valence-corrected chi connectivity index (χ4v) is 5.67. The number of nitrogens with zero attached hydrogens (tertiary/aromatic N) is 6. The van der Waals surface area contributed by atoms with Crippen molar-refractivity contribution in [1.29, 1.82) is 0 Å². The van der Waals surface area contributed by atoms with E-state index in [1.807, 2.05) is 60.4 Å². The number of rotatable bonds is 8. The molecule has 3 aromatic carbocycles. The van der Waals surface area contributed by atoms with Gasteiger partial charge in [0, 0.05) is 31.9 Å². The maximum atomic E-state index is 13.6. The molecule has 10 nitrogen and oxygen atoms in total. The minimum Gasteiger partial charge on any atom is -0.507 e. The van der Waals surface area contributed by atoms with Crippen molar-refractivity contribution in [1.82, 2.24) is 19.4 Å². The first-order chi connectivity index (χ1) is 21.9. The van der Waals surface area contributed by atoms with Gasteiger partial charge in [0.15, 0.2) is 0 Å². The number of carbonyl (C=O) groups is 2. The number of carbonyl (C=O) groups excluding carboxylic acids is 1. The van der Waals surface area contributed by atoms with E-state index in [1.54, 1.807) is 30.6 Å². The Morgan fingerprint density at radius 2 is 1.62 bits per heavy atom. The van der Waals surface area contributed by atoms with Gasteiger partial charge in [-0.15, -0.1) is 0 Å². The first-order valence-electron chi connectivity index (χ1n) is 14.8. The third-order valence-electron chi connectivity index (χ3n) is 8.13. The van der Waals surface area contributed by atoms with Crippen LogP contribution in [0.25, 0.3) is 16.6 Å². The number of aromatic hydroxyl groups is 1. The number of fused-ring (bicyclic) bond motifs is 1. The summed E-state index contributed by atoms with van der Waals surface area (Å²) < 4.78 is 2.26. The lowest BCUT2D eigenvalue weighted by atomic mass is 9.95. The molecule has 1 aliphatic rings. The summed E-state index contributed by atoms with van der Waals surface area (Å²) in [7, 11) is 0. The Balaban J connectivity index is 1.16. The lowest BCUT2D eigenvalue weighted by Gasteiger charge is -2.32. The zero-order valence-corrected chi connectivity index (χ0v) is 24.7. The number of carboxylic acid groups (broad SMARTS) is 1. The number of likely N-dealkylation sites (tertiary alicyclic amines) is 1. The summed E-state index contributed by atoms with van der Waals surface area (Å²) in [6, 6.07) is 23.2. The number of hydrogen-bond acceptors (Lipinski definition) is 7. The van der Waals surface area contributed by atoms with Gasteiger partial charge in [0.25, 0.3) is 0 Å². The highest BCUT2D eigenvalue weighted by Gasteiger charge is 2.24. The first-order valence-corrected chi connectivity index (χ1v) is 14.8. The van der Waals surface area contributed by atoms with E-state index in [2.05, 4.69) is 24.8 Å². The number of phenols is 1. The third kappa shape index (κ3) is 6.65. The summed E-state index contributed by atoms with van der Waals surface area (Å²) >= 11 is 0. The van der Waals surface area contributed by atoms with Crippen molar-refractivity contribution in [3.63, 3.8) is 0 Å². The van der Waals surface area contributed by atoms with Crippen molar-refractivity contribution in [2.75, 3.05) is 13.1 Å². The van der Waals surface area contributed by atoms with Crippen LogP contribution in [0.4, 0.5) is 11.4 Å². The molecule has 6 rings (SSSR count). The standard InChI is InChI=1S/C35H32N6O4/c1-23-37-31-21-36-16-13-32(31)41(23)22-24-14-17-40(18-15-24)34(43)20-29(25-5-3-2-4-6-25)26-7-9-27(10-8-26)38-39-28-11-12-33(42)30(19-28)35(44)45/h2-13,16,19-21,24,42H,14-15,17-18,22H2,1H3,(H,44,45)/b29-20-,39-38+. The van der Waals surface area contributed by atoms with Crippen molar-refractivity contribution in [3.8, 4) is 5.75 Å². The number of azo groups is 1. The van der Waals surface area contributed by atoms with Crippen LogP contribution < -0.4 is 0 Å². The van der Waals surface area contributed by atoms with E-state index >= 15 is 0 Å². The van der Waals surface area contributed by atoms with E-state index in [0.29, 0.717) is 30.4 Å². The largest absolute Gasteiger partial charge is 0.507 e.